The van der Waals surface area contributed by atoms with Crippen molar-refractivity contribution in [2.45, 2.75) is 64.1 Å². The number of anilines is 1. The average Bonchev–Trinajstić information content (AvgIpc) is 3.03. The van der Waals surface area contributed by atoms with Crippen molar-refractivity contribution in [3.8, 4) is 0 Å². The van der Waals surface area contributed by atoms with Gasteiger partial charge in [-0.25, -0.2) is 8.42 Å². The van der Waals surface area contributed by atoms with Crippen LogP contribution >= 0.6 is 11.6 Å². The number of benzene rings is 4. The van der Waals surface area contributed by atoms with Gasteiger partial charge in [-0.05, 0) is 74.2 Å². The predicted octanol–water partition coefficient (Wildman–Crippen LogP) is 6.71. The van der Waals surface area contributed by atoms with Crippen molar-refractivity contribution in [3.63, 3.8) is 0 Å². The number of carbonyl (C=O) groups excluding carboxylic acids is 2. The highest BCUT2D eigenvalue weighted by molar-refractivity contribution is 7.92. The minimum absolute atomic E-state index is 0.0487. The molecule has 0 aliphatic heterocycles. The molecule has 0 saturated heterocycles. The quantitative estimate of drug-likeness (QED) is 0.175. The van der Waals surface area contributed by atoms with Crippen LogP contribution in [0, 0.1) is 13.8 Å². The second-order valence-electron chi connectivity index (χ2n) is 11.3. The summed E-state index contributed by atoms with van der Waals surface area (Å²) >= 11 is 6.23. The van der Waals surface area contributed by atoms with Gasteiger partial charge in [-0.3, -0.25) is 13.9 Å². The smallest absolute Gasteiger partial charge is 0.264 e. The highest BCUT2D eigenvalue weighted by atomic mass is 35.5. The van der Waals surface area contributed by atoms with E-state index in [2.05, 4.69) is 5.32 Å². The van der Waals surface area contributed by atoms with Gasteiger partial charge in [-0.15, -0.1) is 0 Å². The summed E-state index contributed by atoms with van der Waals surface area (Å²) in [7, 11) is -4.18. The zero-order chi connectivity index (χ0) is 32.6. The normalized spacial score (nSPS) is 12.6. The van der Waals surface area contributed by atoms with Crippen LogP contribution in [0.4, 0.5) is 5.69 Å². The number of rotatable bonds is 13. The Hall–Kier alpha value is -4.14. The van der Waals surface area contributed by atoms with Gasteiger partial charge >= 0.3 is 0 Å². The van der Waals surface area contributed by atoms with Crippen molar-refractivity contribution in [1.29, 1.82) is 0 Å². The Bertz CT molecular complexity index is 1700. The van der Waals surface area contributed by atoms with Gasteiger partial charge in [0.2, 0.25) is 11.8 Å². The molecular formula is C36H40ClN3O4S. The molecule has 9 heteroatoms. The molecule has 2 atom stereocenters. The van der Waals surface area contributed by atoms with Crippen molar-refractivity contribution < 1.29 is 18.0 Å². The summed E-state index contributed by atoms with van der Waals surface area (Å²) in [6, 6.07) is 29.1. The van der Waals surface area contributed by atoms with Crippen molar-refractivity contribution >= 4 is 39.1 Å². The van der Waals surface area contributed by atoms with Gasteiger partial charge in [-0.2, -0.15) is 0 Å². The lowest BCUT2D eigenvalue weighted by Crippen LogP contribution is -2.54. The largest absolute Gasteiger partial charge is 0.352 e. The number of hydrogen-bond donors (Lipinski definition) is 1. The molecule has 0 bridgehead atoms. The Morgan fingerprint density at radius 2 is 1.47 bits per heavy atom. The second kappa shape index (κ2) is 15.2. The summed E-state index contributed by atoms with van der Waals surface area (Å²) in [6.07, 6.45) is 0.973. The van der Waals surface area contributed by atoms with Crippen LogP contribution in [0.3, 0.4) is 0 Å². The van der Waals surface area contributed by atoms with E-state index in [9.17, 15) is 18.0 Å². The van der Waals surface area contributed by atoms with Crippen LogP contribution in [-0.4, -0.2) is 43.8 Å². The van der Waals surface area contributed by atoms with Gasteiger partial charge < -0.3 is 10.2 Å². The van der Waals surface area contributed by atoms with Crippen LogP contribution < -0.4 is 9.62 Å². The van der Waals surface area contributed by atoms with Crippen LogP contribution in [0.2, 0.25) is 5.02 Å². The lowest BCUT2D eigenvalue weighted by Gasteiger charge is -2.34. The molecule has 0 aliphatic carbocycles. The molecule has 4 aromatic carbocycles. The zero-order valence-corrected chi connectivity index (χ0v) is 27.7. The molecule has 4 aromatic rings. The number of amides is 2. The third-order valence-corrected chi connectivity index (χ3v) is 9.79. The molecule has 45 heavy (non-hydrogen) atoms. The maximum atomic E-state index is 14.6. The van der Waals surface area contributed by atoms with Gasteiger partial charge in [0, 0.05) is 24.0 Å². The molecule has 2 amide bonds. The zero-order valence-electron chi connectivity index (χ0n) is 26.1. The summed E-state index contributed by atoms with van der Waals surface area (Å²) in [5.41, 5.74) is 3.69. The summed E-state index contributed by atoms with van der Waals surface area (Å²) < 4.78 is 29.4. The Kier molecular flexibility index (Phi) is 11.4. The lowest BCUT2D eigenvalue weighted by atomic mass is 10.0. The van der Waals surface area contributed by atoms with Crippen LogP contribution in [0.1, 0.15) is 42.5 Å². The van der Waals surface area contributed by atoms with Crippen molar-refractivity contribution in [3.05, 3.63) is 130 Å². The van der Waals surface area contributed by atoms with E-state index >= 15 is 0 Å². The first-order chi connectivity index (χ1) is 21.5. The summed E-state index contributed by atoms with van der Waals surface area (Å²) in [5.74, 6) is -0.807. The molecule has 0 heterocycles. The van der Waals surface area contributed by atoms with E-state index in [1.807, 2.05) is 75.4 Å². The molecule has 2 unspecified atom stereocenters. The van der Waals surface area contributed by atoms with Crippen molar-refractivity contribution in [2.75, 3.05) is 10.8 Å². The Labute approximate surface area is 271 Å². The fraction of sp³-hybridized carbons (Fsp3) is 0.278. The fourth-order valence-corrected chi connectivity index (χ4v) is 6.74. The Morgan fingerprint density at radius 3 is 2.07 bits per heavy atom. The minimum atomic E-state index is -4.18. The topological polar surface area (TPSA) is 86.8 Å². The van der Waals surface area contributed by atoms with Gasteiger partial charge in [0.25, 0.3) is 10.0 Å². The number of nitrogens with zero attached hydrogens (tertiary/aromatic N) is 2. The van der Waals surface area contributed by atoms with Gasteiger partial charge in [0.05, 0.1) is 10.6 Å². The maximum Gasteiger partial charge on any atom is 0.264 e. The Morgan fingerprint density at radius 1 is 0.844 bits per heavy atom. The van der Waals surface area contributed by atoms with Crippen LogP contribution in [0.5, 0.6) is 0 Å². The van der Waals surface area contributed by atoms with E-state index in [1.165, 1.54) is 17.0 Å². The first-order valence-corrected chi connectivity index (χ1v) is 16.8. The average molecular weight is 646 g/mol. The van der Waals surface area contributed by atoms with Crippen LogP contribution in [0.25, 0.3) is 0 Å². The molecule has 0 aliphatic rings. The molecule has 7 nitrogen and oxygen atoms in total. The van der Waals surface area contributed by atoms with Gasteiger partial charge in [0.15, 0.2) is 0 Å². The maximum absolute atomic E-state index is 14.6. The monoisotopic (exact) mass is 645 g/mol. The number of hydrogen-bond acceptors (Lipinski definition) is 4. The SMILES string of the molecule is CCC(C)NC(=O)C(Cc1ccccc1)N(Cc1ccc(C)cc1)C(=O)CN(c1ccc(Cl)cc1C)S(=O)(=O)c1ccccc1. The third kappa shape index (κ3) is 8.74. The molecule has 4 rings (SSSR count). The number of carbonyl (C=O) groups is 2. The number of sulfonamides is 1. The van der Waals surface area contributed by atoms with Crippen molar-refractivity contribution in [1.82, 2.24) is 10.2 Å². The van der Waals surface area contributed by atoms with E-state index in [4.69, 9.17) is 11.6 Å². The first kappa shape index (κ1) is 33.7. The molecule has 0 radical (unpaired) electrons. The molecule has 0 aromatic heterocycles. The van der Waals surface area contributed by atoms with E-state index in [-0.39, 0.29) is 29.8 Å². The fourth-order valence-electron chi connectivity index (χ4n) is 5.02. The van der Waals surface area contributed by atoms with Gasteiger partial charge in [-0.1, -0.05) is 96.9 Å². The predicted molar refractivity (Wildman–Crippen MR) is 181 cm³/mol. The summed E-state index contributed by atoms with van der Waals surface area (Å²) in [4.78, 5) is 30.0. The van der Waals surface area contributed by atoms with Crippen LogP contribution in [0.15, 0.2) is 108 Å². The highest BCUT2D eigenvalue weighted by Gasteiger charge is 2.35. The van der Waals surface area contributed by atoms with E-state index in [1.54, 1.807) is 43.3 Å². The minimum Gasteiger partial charge on any atom is -0.352 e. The molecule has 1 N–H and O–H groups in total. The van der Waals surface area contributed by atoms with E-state index in [0.717, 1.165) is 21.0 Å². The molecule has 0 fully saturated rings. The number of nitrogens with one attached hydrogen (secondary N) is 1. The second-order valence-corrected chi connectivity index (χ2v) is 13.6. The highest BCUT2D eigenvalue weighted by Crippen LogP contribution is 2.29. The number of halogens is 1. The van der Waals surface area contributed by atoms with E-state index < -0.39 is 28.5 Å². The van der Waals surface area contributed by atoms with Gasteiger partial charge in [0.1, 0.15) is 12.6 Å². The third-order valence-electron chi connectivity index (χ3n) is 7.78. The molecule has 0 saturated carbocycles. The Balaban J connectivity index is 1.82. The summed E-state index contributed by atoms with van der Waals surface area (Å²) in [6.45, 7) is 7.22. The van der Waals surface area contributed by atoms with E-state index in [0.29, 0.717) is 22.7 Å². The summed E-state index contributed by atoms with van der Waals surface area (Å²) in [5, 5.41) is 3.51. The lowest BCUT2D eigenvalue weighted by molar-refractivity contribution is -0.140. The number of aryl methyl sites for hydroxylation is 2. The molecular weight excluding hydrogens is 606 g/mol. The first-order valence-electron chi connectivity index (χ1n) is 15.0. The van der Waals surface area contributed by atoms with Crippen molar-refractivity contribution in [2.24, 2.45) is 0 Å². The molecule has 236 valence electrons. The molecule has 0 spiro atoms. The standard InChI is InChI=1S/C36H40ClN3O4S/c1-5-28(4)38-36(42)34(23-29-12-8-6-9-13-29)39(24-30-18-16-26(2)17-19-30)35(41)25-40(33-21-20-31(37)22-27(33)3)45(43,44)32-14-10-7-11-15-32/h6-22,28,34H,5,23-25H2,1-4H3,(H,38,42). The van der Waals surface area contributed by atoms with Crippen LogP contribution in [-0.2, 0) is 32.6 Å².